The Morgan fingerprint density at radius 3 is 2.83 bits per heavy atom. The maximum absolute atomic E-state index is 12.9. The summed E-state index contributed by atoms with van der Waals surface area (Å²) >= 11 is 1.57. The molecular formula is C20H17N5O3S. The van der Waals surface area contributed by atoms with Crippen LogP contribution in [0.1, 0.15) is 22.5 Å². The summed E-state index contributed by atoms with van der Waals surface area (Å²) in [5, 5.41) is 9.75. The van der Waals surface area contributed by atoms with Gasteiger partial charge in [0.15, 0.2) is 5.82 Å². The van der Waals surface area contributed by atoms with Crippen LogP contribution in [0.2, 0.25) is 0 Å². The van der Waals surface area contributed by atoms with Gasteiger partial charge in [0, 0.05) is 17.2 Å². The molecule has 0 saturated carbocycles. The molecule has 1 aliphatic rings. The Hall–Kier alpha value is -3.59. The molecule has 0 fully saturated rings. The SMILES string of the molecule is NC(=O)C(=O)C(Cc1csc2c1=CCC=2)NC(=O)c1ccnn1-c1ccccn1. The lowest BCUT2D eigenvalue weighted by Gasteiger charge is -2.16. The average molecular weight is 407 g/mol. The van der Waals surface area contributed by atoms with Crippen molar-refractivity contribution in [1.82, 2.24) is 20.1 Å². The third kappa shape index (κ3) is 3.72. The molecule has 1 unspecified atom stereocenters. The van der Waals surface area contributed by atoms with Crippen molar-refractivity contribution in [2.75, 3.05) is 0 Å². The maximum Gasteiger partial charge on any atom is 0.287 e. The van der Waals surface area contributed by atoms with Gasteiger partial charge in [-0.15, -0.1) is 11.3 Å². The van der Waals surface area contributed by atoms with E-state index in [0.717, 1.165) is 21.7 Å². The molecule has 3 N–H and O–H groups in total. The molecule has 3 aromatic rings. The molecule has 0 radical (unpaired) electrons. The minimum absolute atomic E-state index is 0.182. The van der Waals surface area contributed by atoms with Crippen LogP contribution in [0.4, 0.5) is 0 Å². The van der Waals surface area contributed by atoms with Crippen LogP contribution in [0, 0.1) is 0 Å². The Kier molecular flexibility index (Phi) is 5.05. The number of amides is 2. The molecule has 0 saturated heterocycles. The van der Waals surface area contributed by atoms with Gasteiger partial charge in [-0.25, -0.2) is 9.67 Å². The quantitative estimate of drug-likeness (QED) is 0.521. The number of carbonyl (C=O) groups excluding carboxylic acids is 3. The highest BCUT2D eigenvalue weighted by atomic mass is 32.1. The van der Waals surface area contributed by atoms with Gasteiger partial charge in [-0.2, -0.15) is 5.10 Å². The van der Waals surface area contributed by atoms with Gasteiger partial charge in [-0.05, 0) is 40.8 Å². The van der Waals surface area contributed by atoms with Crippen molar-refractivity contribution in [3.8, 4) is 5.82 Å². The molecule has 0 aliphatic heterocycles. The highest BCUT2D eigenvalue weighted by molar-refractivity contribution is 7.07. The van der Waals surface area contributed by atoms with Gasteiger partial charge in [-0.3, -0.25) is 14.4 Å². The molecule has 8 nitrogen and oxygen atoms in total. The monoisotopic (exact) mass is 407 g/mol. The maximum atomic E-state index is 12.9. The lowest BCUT2D eigenvalue weighted by molar-refractivity contribution is -0.137. The number of ketones is 1. The van der Waals surface area contributed by atoms with Crippen molar-refractivity contribution in [3.63, 3.8) is 0 Å². The number of hydrogen-bond donors (Lipinski definition) is 2. The number of hydrogen-bond acceptors (Lipinski definition) is 6. The standard InChI is InChI=1S/C20H17N5O3S/c21-19(27)18(26)14(10-12-11-29-16-5-3-4-13(12)16)24-20(28)15-7-9-23-25(15)17-6-1-2-8-22-17/h1-2,4-9,11,14H,3,10H2,(H2,21,27)(H,24,28). The lowest BCUT2D eigenvalue weighted by atomic mass is 10.0. The third-order valence-corrected chi connectivity index (χ3v) is 5.64. The van der Waals surface area contributed by atoms with E-state index in [1.165, 1.54) is 16.9 Å². The van der Waals surface area contributed by atoms with E-state index in [1.807, 2.05) is 5.38 Å². The zero-order chi connectivity index (χ0) is 20.4. The number of fused-ring (bicyclic) bond motifs is 1. The summed E-state index contributed by atoms with van der Waals surface area (Å²) in [5.74, 6) is -2.02. The predicted molar refractivity (Wildman–Crippen MR) is 108 cm³/mol. The molecule has 1 aliphatic carbocycles. The first kappa shape index (κ1) is 18.8. The Balaban J connectivity index is 1.61. The zero-order valence-corrected chi connectivity index (χ0v) is 16.1. The zero-order valence-electron chi connectivity index (χ0n) is 15.2. The first-order valence-corrected chi connectivity index (χ1v) is 9.79. The van der Waals surface area contributed by atoms with Crippen LogP contribution in [0.15, 0.2) is 42.0 Å². The summed E-state index contributed by atoms with van der Waals surface area (Å²) < 4.78 is 2.50. The van der Waals surface area contributed by atoms with Gasteiger partial charge in [0.25, 0.3) is 11.8 Å². The summed E-state index contributed by atoms with van der Waals surface area (Å²) in [6.07, 6.45) is 8.22. The fourth-order valence-electron chi connectivity index (χ4n) is 3.22. The summed E-state index contributed by atoms with van der Waals surface area (Å²) in [6.45, 7) is 0. The number of nitrogens with zero attached hydrogens (tertiary/aromatic N) is 3. The van der Waals surface area contributed by atoms with E-state index in [0.29, 0.717) is 5.82 Å². The number of carbonyl (C=O) groups is 3. The van der Waals surface area contributed by atoms with Gasteiger partial charge in [-0.1, -0.05) is 18.2 Å². The van der Waals surface area contributed by atoms with Crippen molar-refractivity contribution in [1.29, 1.82) is 0 Å². The Bertz CT molecular complexity index is 1210. The number of aromatic nitrogens is 3. The van der Waals surface area contributed by atoms with Crippen LogP contribution in [0.5, 0.6) is 0 Å². The third-order valence-electron chi connectivity index (χ3n) is 4.60. The van der Waals surface area contributed by atoms with Gasteiger partial charge in [0.05, 0.1) is 6.20 Å². The number of Topliss-reactive ketones (excluding diaryl/α,β-unsaturated/α-hetero) is 1. The van der Waals surface area contributed by atoms with Crippen molar-refractivity contribution in [2.24, 2.45) is 5.73 Å². The second kappa shape index (κ2) is 7.80. The number of primary amides is 1. The molecule has 0 bridgehead atoms. The Labute approximate surface area is 169 Å². The van der Waals surface area contributed by atoms with Crippen LogP contribution >= 0.6 is 11.3 Å². The minimum atomic E-state index is -1.09. The summed E-state index contributed by atoms with van der Waals surface area (Å²) in [6, 6.07) is 5.68. The number of pyridine rings is 1. The lowest BCUT2D eigenvalue weighted by Crippen LogP contribution is -2.48. The van der Waals surface area contributed by atoms with E-state index in [4.69, 9.17) is 5.73 Å². The number of nitrogens with one attached hydrogen (secondary N) is 1. The van der Waals surface area contributed by atoms with Crippen molar-refractivity contribution < 1.29 is 14.4 Å². The Morgan fingerprint density at radius 2 is 2.07 bits per heavy atom. The number of rotatable bonds is 7. The fraction of sp³-hybridized carbons (Fsp3) is 0.150. The Morgan fingerprint density at radius 1 is 1.21 bits per heavy atom. The normalized spacial score (nSPS) is 13.1. The largest absolute Gasteiger partial charge is 0.363 e. The molecule has 146 valence electrons. The minimum Gasteiger partial charge on any atom is -0.363 e. The number of nitrogens with two attached hydrogens (primary N) is 1. The van der Waals surface area contributed by atoms with Gasteiger partial charge < -0.3 is 11.1 Å². The van der Waals surface area contributed by atoms with Gasteiger partial charge in [0.2, 0.25) is 5.78 Å². The highest BCUT2D eigenvalue weighted by Crippen LogP contribution is 2.10. The molecule has 4 rings (SSSR count). The fourth-order valence-corrected chi connectivity index (χ4v) is 4.25. The molecule has 1 atom stereocenters. The van der Waals surface area contributed by atoms with Crippen molar-refractivity contribution >= 4 is 41.1 Å². The van der Waals surface area contributed by atoms with Crippen LogP contribution < -0.4 is 20.8 Å². The van der Waals surface area contributed by atoms with Crippen LogP contribution in [-0.4, -0.2) is 38.4 Å². The van der Waals surface area contributed by atoms with Crippen LogP contribution in [0.3, 0.4) is 0 Å². The number of thiophene rings is 1. The van der Waals surface area contributed by atoms with E-state index in [9.17, 15) is 14.4 Å². The molecule has 29 heavy (non-hydrogen) atoms. The van der Waals surface area contributed by atoms with E-state index in [2.05, 4.69) is 27.6 Å². The average Bonchev–Trinajstić information content (AvgIpc) is 3.45. The van der Waals surface area contributed by atoms with Crippen molar-refractivity contribution in [2.45, 2.75) is 18.9 Å². The summed E-state index contributed by atoms with van der Waals surface area (Å²) in [7, 11) is 0. The van der Waals surface area contributed by atoms with E-state index in [-0.39, 0.29) is 12.1 Å². The van der Waals surface area contributed by atoms with E-state index >= 15 is 0 Å². The highest BCUT2D eigenvalue weighted by Gasteiger charge is 2.28. The topological polar surface area (TPSA) is 120 Å². The second-order valence-electron chi connectivity index (χ2n) is 6.46. The van der Waals surface area contributed by atoms with Crippen LogP contribution in [0.25, 0.3) is 18.0 Å². The first-order valence-electron chi connectivity index (χ1n) is 8.91. The second-order valence-corrected chi connectivity index (χ2v) is 7.37. The van der Waals surface area contributed by atoms with E-state index in [1.54, 1.807) is 35.7 Å². The smallest absolute Gasteiger partial charge is 0.287 e. The van der Waals surface area contributed by atoms with Crippen molar-refractivity contribution in [3.05, 3.63) is 63.0 Å². The molecule has 0 spiro atoms. The van der Waals surface area contributed by atoms with Crippen LogP contribution in [-0.2, 0) is 16.0 Å². The molecule has 2 amide bonds. The summed E-state index contributed by atoms with van der Waals surface area (Å²) in [5.41, 5.74) is 6.31. The molecular weight excluding hydrogens is 390 g/mol. The molecule has 0 aromatic carbocycles. The molecule has 3 aromatic heterocycles. The molecule has 3 heterocycles. The summed E-state index contributed by atoms with van der Waals surface area (Å²) in [4.78, 5) is 41.0. The van der Waals surface area contributed by atoms with E-state index < -0.39 is 23.6 Å². The molecule has 9 heteroatoms. The predicted octanol–water partition coefficient (Wildman–Crippen LogP) is -0.311. The first-order chi connectivity index (χ1) is 14.0. The van der Waals surface area contributed by atoms with Gasteiger partial charge in [0.1, 0.15) is 11.7 Å². The van der Waals surface area contributed by atoms with Gasteiger partial charge >= 0.3 is 0 Å².